The van der Waals surface area contributed by atoms with Crippen molar-refractivity contribution in [3.05, 3.63) is 28.3 Å². The van der Waals surface area contributed by atoms with Crippen LogP contribution < -0.4 is 5.46 Å². The molecule has 1 aromatic carbocycles. The molecule has 2 aliphatic rings. The lowest BCUT2D eigenvalue weighted by Gasteiger charge is -2.25. The maximum absolute atomic E-state index is 9.67. The zero-order valence-electron chi connectivity index (χ0n) is 9.79. The second-order valence-electron chi connectivity index (χ2n) is 5.14. The Bertz CT molecular complexity index is 432. The van der Waals surface area contributed by atoms with Gasteiger partial charge in [-0.3, -0.25) is 0 Å². The van der Waals surface area contributed by atoms with E-state index in [0.29, 0.717) is 6.61 Å². The summed E-state index contributed by atoms with van der Waals surface area (Å²) in [6.07, 6.45) is 6.36. The Morgan fingerprint density at radius 2 is 2.24 bits per heavy atom. The average Bonchev–Trinajstić information content (AvgIpc) is 2.58. The van der Waals surface area contributed by atoms with Gasteiger partial charge in [-0.15, -0.1) is 0 Å². The Kier molecular flexibility index (Phi) is 3.16. The monoisotopic (exact) mass is 250 g/mol. The van der Waals surface area contributed by atoms with Crippen LogP contribution in [-0.2, 0) is 17.7 Å². The molecule has 1 saturated carbocycles. The summed E-state index contributed by atoms with van der Waals surface area (Å²) in [5.74, 6) is 0.889. The SMILES string of the molecule is OB1OCc2cc(Cl)c(CCC3CCC3)cc21. The molecule has 0 amide bonds. The van der Waals surface area contributed by atoms with E-state index in [4.69, 9.17) is 16.3 Å². The van der Waals surface area contributed by atoms with Gasteiger partial charge in [0.05, 0.1) is 6.61 Å². The molecular formula is C13H16BClO2. The summed E-state index contributed by atoms with van der Waals surface area (Å²) in [4.78, 5) is 0. The summed E-state index contributed by atoms with van der Waals surface area (Å²) in [5.41, 5.74) is 3.08. The largest absolute Gasteiger partial charge is 0.491 e. The molecule has 1 aliphatic carbocycles. The van der Waals surface area contributed by atoms with Crippen molar-refractivity contribution in [3.8, 4) is 0 Å². The van der Waals surface area contributed by atoms with Crippen LogP contribution in [0, 0.1) is 5.92 Å². The summed E-state index contributed by atoms with van der Waals surface area (Å²) >= 11 is 6.26. The van der Waals surface area contributed by atoms with Gasteiger partial charge in [-0.2, -0.15) is 0 Å². The molecule has 0 saturated heterocycles. The molecular weight excluding hydrogens is 234 g/mol. The van der Waals surface area contributed by atoms with Crippen LogP contribution in [0.25, 0.3) is 0 Å². The fourth-order valence-corrected chi connectivity index (χ4v) is 2.91. The predicted molar refractivity (Wildman–Crippen MR) is 69.5 cm³/mol. The van der Waals surface area contributed by atoms with E-state index < -0.39 is 7.12 Å². The average molecular weight is 251 g/mol. The van der Waals surface area contributed by atoms with E-state index >= 15 is 0 Å². The van der Waals surface area contributed by atoms with E-state index in [9.17, 15) is 5.02 Å². The summed E-state index contributed by atoms with van der Waals surface area (Å²) in [7, 11) is -0.760. The highest BCUT2D eigenvalue weighted by Crippen LogP contribution is 2.31. The predicted octanol–water partition coefficient (Wildman–Crippen LogP) is 2.29. The minimum Gasteiger partial charge on any atom is -0.423 e. The van der Waals surface area contributed by atoms with Gasteiger partial charge in [0.25, 0.3) is 0 Å². The van der Waals surface area contributed by atoms with Crippen LogP contribution in [0.3, 0.4) is 0 Å². The van der Waals surface area contributed by atoms with Crippen LogP contribution >= 0.6 is 11.6 Å². The van der Waals surface area contributed by atoms with Gasteiger partial charge in [0.2, 0.25) is 0 Å². The molecule has 1 fully saturated rings. The zero-order valence-corrected chi connectivity index (χ0v) is 10.5. The molecule has 0 atom stereocenters. The standard InChI is InChI=1S/C13H16BClO2/c15-13-7-11-8-17-14(16)12(11)6-10(13)5-4-9-2-1-3-9/h6-7,9,16H,1-5,8H2. The lowest BCUT2D eigenvalue weighted by molar-refractivity contribution is 0.275. The summed E-state index contributed by atoms with van der Waals surface area (Å²) in [5, 5.41) is 10.5. The number of halogens is 1. The molecule has 1 heterocycles. The van der Waals surface area contributed by atoms with Crippen LogP contribution in [-0.4, -0.2) is 12.1 Å². The van der Waals surface area contributed by atoms with Gasteiger partial charge in [0.15, 0.2) is 0 Å². The van der Waals surface area contributed by atoms with Gasteiger partial charge < -0.3 is 9.68 Å². The minimum absolute atomic E-state index is 0.471. The topological polar surface area (TPSA) is 29.5 Å². The smallest absolute Gasteiger partial charge is 0.423 e. The van der Waals surface area contributed by atoms with Crippen LogP contribution in [0.2, 0.25) is 5.02 Å². The Morgan fingerprint density at radius 1 is 1.41 bits per heavy atom. The van der Waals surface area contributed by atoms with Crippen molar-refractivity contribution in [2.24, 2.45) is 5.92 Å². The van der Waals surface area contributed by atoms with Gasteiger partial charge in [0, 0.05) is 5.02 Å². The van der Waals surface area contributed by atoms with E-state index in [1.54, 1.807) is 0 Å². The fraction of sp³-hybridized carbons (Fsp3) is 0.538. The normalized spacial score (nSPS) is 19.3. The minimum atomic E-state index is -0.760. The van der Waals surface area contributed by atoms with Crippen molar-refractivity contribution < 1.29 is 9.68 Å². The quantitative estimate of drug-likeness (QED) is 0.834. The Hall–Kier alpha value is -0.505. The van der Waals surface area contributed by atoms with E-state index in [1.807, 2.05) is 12.1 Å². The molecule has 90 valence electrons. The molecule has 1 aromatic rings. The van der Waals surface area contributed by atoms with Crippen molar-refractivity contribution in [1.82, 2.24) is 0 Å². The highest BCUT2D eigenvalue weighted by molar-refractivity contribution is 6.61. The summed E-state index contributed by atoms with van der Waals surface area (Å²) in [6.45, 7) is 0.471. The molecule has 3 rings (SSSR count). The first-order valence-electron chi connectivity index (χ1n) is 6.35. The molecule has 0 bridgehead atoms. The molecule has 0 aromatic heterocycles. The van der Waals surface area contributed by atoms with Crippen LogP contribution in [0.4, 0.5) is 0 Å². The third-order valence-corrected chi connectivity index (χ3v) is 4.37. The molecule has 0 radical (unpaired) electrons. The second kappa shape index (κ2) is 4.64. The van der Waals surface area contributed by atoms with Gasteiger partial charge in [-0.25, -0.2) is 0 Å². The third-order valence-electron chi connectivity index (χ3n) is 4.02. The van der Waals surface area contributed by atoms with Gasteiger partial charge in [-0.05, 0) is 41.4 Å². The highest BCUT2D eigenvalue weighted by atomic mass is 35.5. The number of benzene rings is 1. The first-order valence-corrected chi connectivity index (χ1v) is 6.72. The van der Waals surface area contributed by atoms with Gasteiger partial charge in [0.1, 0.15) is 0 Å². The lowest BCUT2D eigenvalue weighted by atomic mass is 9.77. The van der Waals surface area contributed by atoms with Crippen molar-refractivity contribution >= 4 is 24.2 Å². The number of rotatable bonds is 3. The van der Waals surface area contributed by atoms with E-state index in [0.717, 1.165) is 34.0 Å². The molecule has 0 unspecified atom stereocenters. The van der Waals surface area contributed by atoms with Crippen LogP contribution in [0.5, 0.6) is 0 Å². The van der Waals surface area contributed by atoms with E-state index in [2.05, 4.69) is 0 Å². The molecule has 17 heavy (non-hydrogen) atoms. The third kappa shape index (κ3) is 2.24. The second-order valence-corrected chi connectivity index (χ2v) is 5.55. The first-order chi connectivity index (χ1) is 8.24. The number of hydrogen-bond donors (Lipinski definition) is 1. The van der Waals surface area contributed by atoms with Crippen LogP contribution in [0.1, 0.15) is 36.8 Å². The molecule has 4 heteroatoms. The molecule has 1 N–H and O–H groups in total. The highest BCUT2D eigenvalue weighted by Gasteiger charge is 2.28. The molecule has 2 nitrogen and oxygen atoms in total. The molecule has 0 spiro atoms. The first kappa shape index (κ1) is 11.6. The van der Waals surface area contributed by atoms with Gasteiger partial charge in [-0.1, -0.05) is 36.9 Å². The Morgan fingerprint density at radius 3 is 2.94 bits per heavy atom. The van der Waals surface area contributed by atoms with Gasteiger partial charge >= 0.3 is 7.12 Å². The zero-order chi connectivity index (χ0) is 11.8. The lowest BCUT2D eigenvalue weighted by Crippen LogP contribution is -2.28. The number of hydrogen-bond acceptors (Lipinski definition) is 2. The van der Waals surface area contributed by atoms with E-state index in [1.165, 1.54) is 25.7 Å². The summed E-state index contributed by atoms with van der Waals surface area (Å²) in [6, 6.07) is 3.97. The summed E-state index contributed by atoms with van der Waals surface area (Å²) < 4.78 is 5.19. The Labute approximate surface area is 107 Å². The van der Waals surface area contributed by atoms with E-state index in [-0.39, 0.29) is 0 Å². The Balaban J connectivity index is 1.76. The number of aryl methyl sites for hydroxylation is 1. The maximum Gasteiger partial charge on any atom is 0.491 e. The maximum atomic E-state index is 9.67. The number of fused-ring (bicyclic) bond motifs is 1. The van der Waals surface area contributed by atoms with Crippen LogP contribution in [0.15, 0.2) is 12.1 Å². The van der Waals surface area contributed by atoms with Crippen molar-refractivity contribution in [2.45, 2.75) is 38.7 Å². The molecule has 1 aliphatic heterocycles. The van der Waals surface area contributed by atoms with Crippen molar-refractivity contribution in [2.75, 3.05) is 0 Å². The van der Waals surface area contributed by atoms with Crippen molar-refractivity contribution in [1.29, 1.82) is 0 Å². The fourth-order valence-electron chi connectivity index (χ4n) is 2.62. The van der Waals surface area contributed by atoms with Crippen molar-refractivity contribution in [3.63, 3.8) is 0 Å².